The number of hydrogen-bond acceptors (Lipinski definition) is 12. The van der Waals surface area contributed by atoms with Gasteiger partial charge >= 0.3 is 17.9 Å². The Labute approximate surface area is 186 Å². The average Bonchev–Trinajstić information content (AvgIpc) is 2.66. The van der Waals surface area contributed by atoms with E-state index in [0.29, 0.717) is 0 Å². The van der Waals surface area contributed by atoms with Crippen LogP contribution in [-0.2, 0) is 38.1 Å². The summed E-state index contributed by atoms with van der Waals surface area (Å²) in [5.41, 5.74) is 4.86. The van der Waals surface area contributed by atoms with Gasteiger partial charge in [0, 0.05) is 27.7 Å². The van der Waals surface area contributed by atoms with Crippen molar-refractivity contribution in [1.82, 2.24) is 9.97 Å². The zero-order chi connectivity index (χ0) is 24.2. The fraction of sp³-hybridized carbons (Fsp3) is 0.556. The molecule has 1 aromatic heterocycles. The number of nitrogens with one attached hydrogen (secondary N) is 1. The summed E-state index contributed by atoms with van der Waals surface area (Å²) in [5, 5.41) is 0.216. The van der Waals surface area contributed by atoms with Crippen molar-refractivity contribution in [3.8, 4) is 0 Å². The van der Waals surface area contributed by atoms with Gasteiger partial charge in [-0.25, -0.2) is 4.98 Å². The maximum Gasteiger partial charge on any atom is 0.303 e. The van der Waals surface area contributed by atoms with E-state index in [1.807, 2.05) is 0 Å². The maximum absolute atomic E-state index is 12.7. The Kier molecular flexibility index (Phi) is 8.21. The minimum absolute atomic E-state index is 0.216. The number of amides is 1. The van der Waals surface area contributed by atoms with Crippen LogP contribution in [0.2, 0.25) is 0 Å². The minimum Gasteiger partial charge on any atom is -0.456 e. The van der Waals surface area contributed by atoms with Gasteiger partial charge in [-0.15, -0.1) is 0 Å². The number of carbonyl (C=O) groups excluding carboxylic acids is 4. The maximum atomic E-state index is 12.7. The number of aromatic amines is 1. The smallest absolute Gasteiger partial charge is 0.303 e. The van der Waals surface area contributed by atoms with Crippen molar-refractivity contribution in [2.75, 3.05) is 23.5 Å². The lowest BCUT2D eigenvalue weighted by Gasteiger charge is -2.44. The van der Waals surface area contributed by atoms with E-state index in [-0.39, 0.29) is 23.3 Å². The van der Waals surface area contributed by atoms with Gasteiger partial charge in [0.05, 0.1) is 6.61 Å². The molecule has 14 heteroatoms. The van der Waals surface area contributed by atoms with E-state index in [1.54, 1.807) is 6.26 Å². The molecular formula is C18H24N4O9S. The van der Waals surface area contributed by atoms with Crippen LogP contribution >= 0.6 is 11.8 Å². The van der Waals surface area contributed by atoms with Gasteiger partial charge in [-0.3, -0.25) is 33.9 Å². The molecule has 1 fully saturated rings. The second kappa shape index (κ2) is 10.5. The highest BCUT2D eigenvalue weighted by Crippen LogP contribution is 2.30. The number of H-pyrrole nitrogens is 1. The lowest BCUT2D eigenvalue weighted by molar-refractivity contribution is -0.225. The molecule has 0 saturated carbocycles. The van der Waals surface area contributed by atoms with Gasteiger partial charge in [0.25, 0.3) is 5.56 Å². The lowest BCUT2D eigenvalue weighted by atomic mass is 10.0. The average molecular weight is 472 g/mol. The Morgan fingerprint density at radius 1 is 1.06 bits per heavy atom. The summed E-state index contributed by atoms with van der Waals surface area (Å²) in [6.07, 6.45) is -3.71. The zero-order valence-corrected chi connectivity index (χ0v) is 18.9. The summed E-state index contributed by atoms with van der Waals surface area (Å²) in [6, 6.07) is 0. The number of anilines is 2. The molecule has 0 bridgehead atoms. The predicted octanol–water partition coefficient (Wildman–Crippen LogP) is -0.422. The monoisotopic (exact) mass is 472 g/mol. The Morgan fingerprint density at radius 3 is 2.09 bits per heavy atom. The molecule has 1 aliphatic heterocycles. The summed E-state index contributed by atoms with van der Waals surface area (Å²) in [6.45, 7) is 4.13. The molecule has 13 nitrogen and oxygen atoms in total. The molecule has 0 aliphatic carbocycles. The van der Waals surface area contributed by atoms with Crippen molar-refractivity contribution < 1.29 is 38.1 Å². The molecule has 0 radical (unpaired) electrons. The molecule has 1 aromatic rings. The third-order valence-corrected chi connectivity index (χ3v) is 4.83. The summed E-state index contributed by atoms with van der Waals surface area (Å²) in [7, 11) is 0. The van der Waals surface area contributed by atoms with E-state index >= 15 is 0 Å². The van der Waals surface area contributed by atoms with Crippen LogP contribution in [0.15, 0.2) is 9.95 Å². The molecule has 1 saturated heterocycles. The summed E-state index contributed by atoms with van der Waals surface area (Å²) < 4.78 is 21.4. The Balaban J connectivity index is 2.61. The van der Waals surface area contributed by atoms with Crippen LogP contribution in [0.1, 0.15) is 27.7 Å². The molecule has 1 aliphatic rings. The van der Waals surface area contributed by atoms with Gasteiger partial charge in [-0.2, -0.15) is 0 Å². The molecule has 2 rings (SSSR count). The Morgan fingerprint density at radius 2 is 1.62 bits per heavy atom. The first kappa shape index (κ1) is 25.1. The van der Waals surface area contributed by atoms with Gasteiger partial charge in [-0.1, -0.05) is 11.8 Å². The van der Waals surface area contributed by atoms with Crippen LogP contribution in [0.5, 0.6) is 0 Å². The number of hydrogen-bond donors (Lipinski definition) is 2. The largest absolute Gasteiger partial charge is 0.456 e. The fourth-order valence-electron chi connectivity index (χ4n) is 3.20. The first-order valence-electron chi connectivity index (χ1n) is 9.33. The Hall–Kier alpha value is -3.13. The number of rotatable bonds is 6. The number of nitrogens with zero attached hydrogens (tertiary/aromatic N) is 2. The van der Waals surface area contributed by atoms with E-state index in [1.165, 1.54) is 0 Å². The lowest BCUT2D eigenvalue weighted by Crippen LogP contribution is -2.63. The molecule has 4 atom stereocenters. The normalized spacial score (nSPS) is 22.5. The number of ether oxygens (including phenoxy) is 4. The van der Waals surface area contributed by atoms with Crippen molar-refractivity contribution in [1.29, 1.82) is 0 Å². The van der Waals surface area contributed by atoms with E-state index in [2.05, 4.69) is 9.97 Å². The number of aromatic nitrogens is 2. The fourth-order valence-corrected chi connectivity index (χ4v) is 3.58. The van der Waals surface area contributed by atoms with Crippen molar-refractivity contribution in [2.45, 2.75) is 57.4 Å². The van der Waals surface area contributed by atoms with Gasteiger partial charge in [0.15, 0.2) is 41.2 Å². The van der Waals surface area contributed by atoms with Crippen molar-refractivity contribution >= 4 is 47.1 Å². The number of nitrogens with two attached hydrogens (primary N) is 1. The zero-order valence-electron chi connectivity index (χ0n) is 18.1. The highest BCUT2D eigenvalue weighted by Gasteiger charge is 2.50. The van der Waals surface area contributed by atoms with Crippen LogP contribution in [0.4, 0.5) is 11.5 Å². The van der Waals surface area contributed by atoms with E-state index in [4.69, 9.17) is 24.7 Å². The predicted molar refractivity (Wildman–Crippen MR) is 111 cm³/mol. The van der Waals surface area contributed by atoms with Crippen LogP contribution < -0.4 is 16.2 Å². The highest BCUT2D eigenvalue weighted by molar-refractivity contribution is 7.98. The SMILES string of the molecule is CSc1nc(N)c(N(C(C)=O)[C@@H]2OC[C@H](OC(C)=O)[C@H](OC(C)=O)[C@H]2OC(C)=O)c(=O)[nH]1. The van der Waals surface area contributed by atoms with Crippen LogP contribution in [0, 0.1) is 0 Å². The van der Waals surface area contributed by atoms with Crippen LogP contribution in [0.3, 0.4) is 0 Å². The van der Waals surface area contributed by atoms with Crippen molar-refractivity contribution in [3.05, 3.63) is 10.4 Å². The highest BCUT2D eigenvalue weighted by atomic mass is 32.2. The molecule has 32 heavy (non-hydrogen) atoms. The second-order valence-corrected chi connectivity index (χ2v) is 7.51. The second-order valence-electron chi connectivity index (χ2n) is 6.72. The Bertz CT molecular complexity index is 966. The first-order valence-corrected chi connectivity index (χ1v) is 10.6. The molecule has 0 aromatic carbocycles. The van der Waals surface area contributed by atoms with Crippen molar-refractivity contribution in [2.24, 2.45) is 0 Å². The van der Waals surface area contributed by atoms with Crippen LogP contribution in [-0.4, -0.2) is 71.2 Å². The first-order chi connectivity index (χ1) is 15.0. The molecule has 3 N–H and O–H groups in total. The van der Waals surface area contributed by atoms with Gasteiger partial charge in [0.1, 0.15) is 0 Å². The molecule has 1 amide bonds. The topological polar surface area (TPSA) is 180 Å². The van der Waals surface area contributed by atoms with Gasteiger partial charge in [-0.05, 0) is 6.26 Å². The minimum atomic E-state index is -1.46. The molecule has 2 heterocycles. The van der Waals surface area contributed by atoms with Crippen molar-refractivity contribution in [3.63, 3.8) is 0 Å². The molecule has 0 unspecified atom stereocenters. The van der Waals surface area contributed by atoms with Gasteiger partial charge in [0.2, 0.25) is 5.91 Å². The number of nitrogen functional groups attached to an aromatic ring is 1. The van der Waals surface area contributed by atoms with E-state index in [9.17, 15) is 24.0 Å². The van der Waals surface area contributed by atoms with Gasteiger partial charge < -0.3 is 24.7 Å². The van der Waals surface area contributed by atoms with E-state index in [0.717, 1.165) is 44.4 Å². The number of esters is 3. The standard InChI is InChI=1S/C18H24N4O9S/c1-7(23)22(12-15(19)20-18(32-5)21-16(12)27)17-14(31-10(4)26)13(30-9(3)25)11(6-28-17)29-8(2)24/h11,13-14,17H,6H2,1-5H3,(H3,19,20,21,27)/t11-,13-,14+,17+/m0/s1. The summed E-state index contributed by atoms with van der Waals surface area (Å²) >= 11 is 1.13. The third kappa shape index (κ3) is 5.76. The summed E-state index contributed by atoms with van der Waals surface area (Å²) in [5.74, 6) is -3.23. The number of carbonyl (C=O) groups is 4. The quantitative estimate of drug-likeness (QED) is 0.236. The van der Waals surface area contributed by atoms with Crippen LogP contribution in [0.25, 0.3) is 0 Å². The number of thioether (sulfide) groups is 1. The third-order valence-electron chi connectivity index (χ3n) is 4.25. The van der Waals surface area contributed by atoms with E-state index < -0.39 is 53.9 Å². The molecular weight excluding hydrogens is 448 g/mol. The molecule has 176 valence electrons. The summed E-state index contributed by atoms with van der Waals surface area (Å²) in [4.78, 5) is 67.7. The molecule has 0 spiro atoms.